The first-order chi connectivity index (χ1) is 52.6. The molecule has 0 atom stereocenters. The molecule has 2 nitrogen and oxygen atoms in total. The number of para-hydroxylation sites is 2. The molecule has 20 aromatic rings. The van der Waals surface area contributed by atoms with Crippen molar-refractivity contribution >= 4 is 86.7 Å². The zero-order valence-corrected chi connectivity index (χ0v) is 60.3. The average molecular weight is 1370 g/mol. The van der Waals surface area contributed by atoms with Gasteiger partial charge in [0.05, 0.1) is 22.1 Å². The molecule has 0 N–H and O–H groups in total. The second-order valence-electron chi connectivity index (χ2n) is 29.5. The summed E-state index contributed by atoms with van der Waals surface area (Å²) in [7, 11) is 0. The van der Waals surface area contributed by atoms with Crippen molar-refractivity contribution in [2.24, 2.45) is 0 Å². The van der Waals surface area contributed by atoms with E-state index in [0.29, 0.717) is 0 Å². The van der Waals surface area contributed by atoms with Crippen LogP contribution in [0.1, 0.15) is 31.9 Å². The Morgan fingerprint density at radius 3 is 0.710 bits per heavy atom. The lowest BCUT2D eigenvalue weighted by atomic mass is 9.86. The summed E-state index contributed by atoms with van der Waals surface area (Å²) in [4.78, 5) is 0. The van der Waals surface area contributed by atoms with Gasteiger partial charge in [0.2, 0.25) is 0 Å². The summed E-state index contributed by atoms with van der Waals surface area (Å²) in [6, 6.07) is 143. The minimum atomic E-state index is 0.147. The van der Waals surface area contributed by atoms with Gasteiger partial charge in [-0.2, -0.15) is 0 Å². The number of rotatable bonds is 10. The van der Waals surface area contributed by atoms with Crippen molar-refractivity contribution in [2.45, 2.75) is 33.1 Å². The molecule has 2 aromatic heterocycles. The standard InChI is InChI=1S/C54H41N.C51H35N/c1-54(2,3)42-30-25-37(26-31-42)36-21-23-38(24-22-36)41-29-34-51-49(35-41)44-15-11-12-20-50(44)55(51)43-32-27-40(28-33-43)53-47-18-9-7-16-45(47)52(39-13-5-4-6-14-39)46-17-8-10-19-48(46)53;1-34-19-21-35(22-20-34)36-23-25-37(26-24-36)40-29-32-49-47(33-40)42-13-9-10-18-48(42)52(49)41-30-27-39(28-31-41)51-45-16-7-5-14-43(45)50(38-11-3-2-4-12-38)44-15-6-8-17-46(44)51/h4-35H,1-3H3;2-33H,1H3. The fourth-order valence-corrected chi connectivity index (χ4v) is 16.7. The molecular weight excluding hydrogens is 1290 g/mol. The van der Waals surface area contributed by atoms with Crippen LogP contribution in [-0.4, -0.2) is 9.13 Å². The van der Waals surface area contributed by atoms with Crippen molar-refractivity contribution in [1.29, 1.82) is 0 Å². The van der Waals surface area contributed by atoms with Crippen LogP contribution in [0.15, 0.2) is 388 Å². The molecule has 0 aliphatic carbocycles. The number of aryl methyl sites for hydroxylation is 1. The van der Waals surface area contributed by atoms with Gasteiger partial charge in [0.1, 0.15) is 0 Å². The third-order valence-electron chi connectivity index (χ3n) is 22.1. The summed E-state index contributed by atoms with van der Waals surface area (Å²) in [5.74, 6) is 0. The van der Waals surface area contributed by atoms with Crippen molar-refractivity contribution in [3.63, 3.8) is 0 Å². The summed E-state index contributed by atoms with van der Waals surface area (Å²) in [5.41, 5.74) is 29.8. The summed E-state index contributed by atoms with van der Waals surface area (Å²) >= 11 is 0. The number of benzene rings is 18. The molecule has 107 heavy (non-hydrogen) atoms. The monoisotopic (exact) mass is 1360 g/mol. The van der Waals surface area contributed by atoms with Crippen molar-refractivity contribution < 1.29 is 0 Å². The smallest absolute Gasteiger partial charge is 0.0541 e. The van der Waals surface area contributed by atoms with E-state index in [9.17, 15) is 0 Å². The maximum Gasteiger partial charge on any atom is 0.0541 e. The van der Waals surface area contributed by atoms with Crippen molar-refractivity contribution in [3.05, 3.63) is 399 Å². The minimum Gasteiger partial charge on any atom is -0.309 e. The van der Waals surface area contributed by atoms with Gasteiger partial charge in [-0.1, -0.05) is 354 Å². The van der Waals surface area contributed by atoms with Crippen LogP contribution in [0.25, 0.3) is 187 Å². The summed E-state index contributed by atoms with van der Waals surface area (Å²) < 4.78 is 4.82. The second-order valence-corrected chi connectivity index (χ2v) is 29.5. The molecule has 2 heteroatoms. The number of hydrogen-bond donors (Lipinski definition) is 0. The van der Waals surface area contributed by atoms with E-state index < -0.39 is 0 Å². The van der Waals surface area contributed by atoms with Gasteiger partial charge >= 0.3 is 0 Å². The highest BCUT2D eigenvalue weighted by Gasteiger charge is 2.22. The lowest BCUT2D eigenvalue weighted by Gasteiger charge is -2.19. The molecule has 0 bridgehead atoms. The van der Waals surface area contributed by atoms with E-state index in [-0.39, 0.29) is 5.41 Å². The average Bonchev–Trinajstić information content (AvgIpc) is 1.63. The Labute approximate surface area is 624 Å². The Morgan fingerprint density at radius 2 is 0.402 bits per heavy atom. The molecule has 0 aliphatic heterocycles. The van der Waals surface area contributed by atoms with Crippen molar-refractivity contribution in [2.75, 3.05) is 0 Å². The van der Waals surface area contributed by atoms with Crippen LogP contribution >= 0.6 is 0 Å². The lowest BCUT2D eigenvalue weighted by Crippen LogP contribution is -2.10. The topological polar surface area (TPSA) is 9.86 Å². The predicted octanol–water partition coefficient (Wildman–Crippen LogP) is 29.1. The fourth-order valence-electron chi connectivity index (χ4n) is 16.7. The van der Waals surface area contributed by atoms with E-state index in [2.05, 4.69) is 425 Å². The van der Waals surface area contributed by atoms with E-state index in [1.165, 1.54) is 187 Å². The SMILES string of the molecule is CC(C)(C)c1ccc(-c2ccc(-c3ccc4c(c3)c3ccccc3n4-c3ccc(-c4c5ccccc5c(-c5ccccc5)c5ccccc45)cc3)cc2)cc1.Cc1ccc(-c2ccc(-c3ccc4c(c3)c3ccccc3n4-c3ccc(-c4c5ccccc5c(-c5ccccc5)c5ccccc45)cc3)cc2)cc1. The Morgan fingerprint density at radius 1 is 0.178 bits per heavy atom. The van der Waals surface area contributed by atoms with Gasteiger partial charge in [-0.25, -0.2) is 0 Å². The van der Waals surface area contributed by atoms with Crippen LogP contribution in [0.4, 0.5) is 0 Å². The van der Waals surface area contributed by atoms with Crippen LogP contribution in [-0.2, 0) is 5.41 Å². The van der Waals surface area contributed by atoms with E-state index in [1.807, 2.05) is 0 Å². The van der Waals surface area contributed by atoms with Gasteiger partial charge in [0.25, 0.3) is 0 Å². The first-order valence-electron chi connectivity index (χ1n) is 37.3. The first-order valence-corrected chi connectivity index (χ1v) is 37.3. The lowest BCUT2D eigenvalue weighted by molar-refractivity contribution is 0.590. The van der Waals surface area contributed by atoms with Gasteiger partial charge in [-0.15, -0.1) is 0 Å². The van der Waals surface area contributed by atoms with Crippen LogP contribution in [0.3, 0.4) is 0 Å². The quantitative estimate of drug-likeness (QED) is 0.121. The maximum absolute atomic E-state index is 2.41. The summed E-state index contributed by atoms with van der Waals surface area (Å²) in [5, 5.41) is 15.2. The normalized spacial score (nSPS) is 11.7. The number of fused-ring (bicyclic) bond motifs is 10. The Bertz CT molecular complexity index is 6640. The zero-order valence-electron chi connectivity index (χ0n) is 60.3. The third kappa shape index (κ3) is 11.5. The highest BCUT2D eigenvalue weighted by molar-refractivity contribution is 6.23. The van der Waals surface area contributed by atoms with E-state index in [0.717, 1.165) is 11.4 Å². The van der Waals surface area contributed by atoms with Crippen molar-refractivity contribution in [3.8, 4) is 100 Å². The number of nitrogens with zero attached hydrogens (tertiary/aromatic N) is 2. The predicted molar refractivity (Wildman–Crippen MR) is 459 cm³/mol. The molecule has 0 amide bonds. The highest BCUT2D eigenvalue weighted by Crippen LogP contribution is 2.47. The van der Waals surface area contributed by atoms with Crippen molar-refractivity contribution in [1.82, 2.24) is 9.13 Å². The molecule has 0 spiro atoms. The molecule has 0 fully saturated rings. The van der Waals surface area contributed by atoms with E-state index in [1.54, 1.807) is 0 Å². The molecule has 2 heterocycles. The van der Waals surface area contributed by atoms with Gasteiger partial charge < -0.3 is 9.13 Å². The molecule has 506 valence electrons. The molecular formula is C105H76N2. The first kappa shape index (κ1) is 64.4. The largest absolute Gasteiger partial charge is 0.309 e. The summed E-state index contributed by atoms with van der Waals surface area (Å²) in [6.45, 7) is 8.91. The summed E-state index contributed by atoms with van der Waals surface area (Å²) in [6.07, 6.45) is 0. The highest BCUT2D eigenvalue weighted by atomic mass is 15.0. The second kappa shape index (κ2) is 26.7. The maximum atomic E-state index is 2.41. The van der Waals surface area contributed by atoms with Crippen LogP contribution in [0.5, 0.6) is 0 Å². The Balaban J connectivity index is 0.000000146. The molecule has 20 rings (SSSR count). The Hall–Kier alpha value is -13.4. The molecule has 0 unspecified atom stereocenters. The molecule has 0 saturated carbocycles. The molecule has 0 radical (unpaired) electrons. The fraction of sp³-hybridized carbons (Fsp3) is 0.0476. The third-order valence-corrected chi connectivity index (χ3v) is 22.1. The van der Waals surface area contributed by atoms with E-state index in [4.69, 9.17) is 0 Å². The number of aromatic nitrogens is 2. The van der Waals surface area contributed by atoms with E-state index >= 15 is 0 Å². The molecule has 0 aliphatic rings. The number of hydrogen-bond acceptors (Lipinski definition) is 0. The minimum absolute atomic E-state index is 0.147. The zero-order chi connectivity index (χ0) is 71.7. The Kier molecular flexibility index (Phi) is 16.1. The van der Waals surface area contributed by atoms with Crippen LogP contribution in [0.2, 0.25) is 0 Å². The van der Waals surface area contributed by atoms with Gasteiger partial charge in [-0.3, -0.25) is 0 Å². The van der Waals surface area contributed by atoms with Crippen LogP contribution < -0.4 is 0 Å². The van der Waals surface area contributed by atoms with Crippen LogP contribution in [0, 0.1) is 6.92 Å². The van der Waals surface area contributed by atoms with Gasteiger partial charge in [0, 0.05) is 32.9 Å². The molecule has 0 saturated heterocycles. The van der Waals surface area contributed by atoms with Gasteiger partial charge in [-0.05, 0) is 211 Å². The van der Waals surface area contributed by atoms with Gasteiger partial charge in [0.15, 0.2) is 0 Å². The molecule has 18 aromatic carbocycles.